The number of hydrogen-bond donors (Lipinski definition) is 0. The van der Waals surface area contributed by atoms with Gasteiger partial charge in [-0.25, -0.2) is 13.4 Å². The second kappa shape index (κ2) is 8.35. The van der Waals surface area contributed by atoms with Crippen molar-refractivity contribution in [3.8, 4) is 5.19 Å². The van der Waals surface area contributed by atoms with E-state index >= 15 is 0 Å². The highest BCUT2D eigenvalue weighted by molar-refractivity contribution is 7.91. The van der Waals surface area contributed by atoms with E-state index in [1.807, 2.05) is 25.1 Å². The van der Waals surface area contributed by atoms with E-state index in [0.29, 0.717) is 23.8 Å². The van der Waals surface area contributed by atoms with Crippen molar-refractivity contribution in [2.45, 2.75) is 37.7 Å². The first-order chi connectivity index (χ1) is 14.4. The number of fused-ring (bicyclic) bond motifs is 1. The SMILES string of the molecule is CCS(=O)(=O)c1ccc(C(=O)N2CCC(Oc3nc4c(C)cccc4s3)CC2)cc1. The predicted octanol–water partition coefficient (Wildman–Crippen LogP) is 4.08. The summed E-state index contributed by atoms with van der Waals surface area (Å²) in [7, 11) is -3.26. The number of hydrogen-bond acceptors (Lipinski definition) is 6. The lowest BCUT2D eigenvalue weighted by molar-refractivity contribution is 0.0595. The molecule has 158 valence electrons. The van der Waals surface area contributed by atoms with E-state index in [1.165, 1.54) is 12.1 Å². The molecule has 0 atom stereocenters. The molecular formula is C22H24N2O4S2. The number of aryl methyl sites for hydroxylation is 1. The molecule has 0 saturated carbocycles. The fourth-order valence-corrected chi connectivity index (χ4v) is 5.43. The van der Waals surface area contributed by atoms with Gasteiger partial charge in [0.1, 0.15) is 6.10 Å². The van der Waals surface area contributed by atoms with Gasteiger partial charge in [-0.3, -0.25) is 4.79 Å². The Kier molecular flexibility index (Phi) is 5.79. The van der Waals surface area contributed by atoms with Crippen LogP contribution in [0.15, 0.2) is 47.4 Å². The van der Waals surface area contributed by atoms with Crippen LogP contribution < -0.4 is 4.74 Å². The Morgan fingerprint density at radius 3 is 2.50 bits per heavy atom. The van der Waals surface area contributed by atoms with Gasteiger partial charge in [-0.1, -0.05) is 30.4 Å². The summed E-state index contributed by atoms with van der Waals surface area (Å²) in [4.78, 5) is 19.4. The molecule has 0 unspecified atom stereocenters. The van der Waals surface area contributed by atoms with Crippen molar-refractivity contribution in [1.82, 2.24) is 9.88 Å². The molecule has 0 spiro atoms. The largest absolute Gasteiger partial charge is 0.467 e. The molecule has 1 fully saturated rings. The van der Waals surface area contributed by atoms with Crippen molar-refractivity contribution >= 4 is 37.3 Å². The van der Waals surface area contributed by atoms with Crippen molar-refractivity contribution in [2.75, 3.05) is 18.8 Å². The third-order valence-corrected chi connectivity index (χ3v) is 8.10. The lowest BCUT2D eigenvalue weighted by atomic mass is 10.1. The summed E-state index contributed by atoms with van der Waals surface area (Å²) in [5.41, 5.74) is 2.63. The maximum absolute atomic E-state index is 12.8. The first-order valence-corrected chi connectivity index (χ1v) is 12.5. The van der Waals surface area contributed by atoms with Crippen LogP contribution in [-0.4, -0.2) is 49.2 Å². The average molecular weight is 445 g/mol. The van der Waals surface area contributed by atoms with E-state index in [1.54, 1.807) is 35.3 Å². The number of thiazole rings is 1. The van der Waals surface area contributed by atoms with Crippen LogP contribution in [-0.2, 0) is 9.84 Å². The molecule has 1 saturated heterocycles. The number of sulfone groups is 1. The Labute approximate surface area is 180 Å². The molecule has 3 aromatic rings. The normalized spacial score (nSPS) is 15.5. The molecule has 1 aromatic heterocycles. The first-order valence-electron chi connectivity index (χ1n) is 10.0. The van der Waals surface area contributed by atoms with Gasteiger partial charge in [0, 0.05) is 31.5 Å². The summed E-state index contributed by atoms with van der Waals surface area (Å²) < 4.78 is 31.1. The van der Waals surface area contributed by atoms with E-state index in [2.05, 4.69) is 4.98 Å². The maximum Gasteiger partial charge on any atom is 0.274 e. The first kappa shape index (κ1) is 20.8. The molecule has 0 aliphatic carbocycles. The molecule has 6 nitrogen and oxygen atoms in total. The van der Waals surface area contributed by atoms with E-state index in [9.17, 15) is 13.2 Å². The molecule has 2 heterocycles. The van der Waals surface area contributed by atoms with Crippen LogP contribution in [0.3, 0.4) is 0 Å². The van der Waals surface area contributed by atoms with Crippen LogP contribution in [0.5, 0.6) is 5.19 Å². The summed E-state index contributed by atoms with van der Waals surface area (Å²) in [6, 6.07) is 12.3. The van der Waals surface area contributed by atoms with E-state index in [-0.39, 0.29) is 22.7 Å². The van der Waals surface area contributed by atoms with E-state index < -0.39 is 9.84 Å². The van der Waals surface area contributed by atoms with E-state index in [0.717, 1.165) is 28.6 Å². The number of carbonyl (C=O) groups is 1. The van der Waals surface area contributed by atoms with Gasteiger partial charge in [-0.05, 0) is 42.8 Å². The molecule has 8 heteroatoms. The number of benzene rings is 2. The monoisotopic (exact) mass is 444 g/mol. The van der Waals surface area contributed by atoms with Crippen molar-refractivity contribution in [1.29, 1.82) is 0 Å². The number of para-hydroxylation sites is 1. The van der Waals surface area contributed by atoms with Gasteiger partial charge in [0.15, 0.2) is 9.84 Å². The minimum atomic E-state index is -3.26. The molecule has 1 aliphatic heterocycles. The lowest BCUT2D eigenvalue weighted by Crippen LogP contribution is -2.41. The smallest absolute Gasteiger partial charge is 0.274 e. The number of likely N-dealkylation sites (tertiary alicyclic amines) is 1. The van der Waals surface area contributed by atoms with Crippen molar-refractivity contribution in [3.63, 3.8) is 0 Å². The second-order valence-corrected chi connectivity index (χ2v) is 10.7. The molecule has 0 bridgehead atoms. The quantitative estimate of drug-likeness (QED) is 0.593. The van der Waals surface area contributed by atoms with Gasteiger partial charge in [0.25, 0.3) is 11.1 Å². The van der Waals surface area contributed by atoms with Gasteiger partial charge in [0.2, 0.25) is 0 Å². The van der Waals surface area contributed by atoms with Crippen LogP contribution in [0, 0.1) is 6.92 Å². The summed E-state index contributed by atoms with van der Waals surface area (Å²) in [5, 5.41) is 0.678. The van der Waals surface area contributed by atoms with Crippen LogP contribution in [0.2, 0.25) is 0 Å². The fourth-order valence-electron chi connectivity index (χ4n) is 3.59. The summed E-state index contributed by atoms with van der Waals surface area (Å²) >= 11 is 1.55. The number of amides is 1. The molecule has 4 rings (SSSR count). The molecule has 0 N–H and O–H groups in total. The molecule has 2 aromatic carbocycles. The summed E-state index contributed by atoms with van der Waals surface area (Å²) in [6.07, 6.45) is 1.51. The van der Waals surface area contributed by atoms with Crippen molar-refractivity contribution in [3.05, 3.63) is 53.6 Å². The van der Waals surface area contributed by atoms with Crippen LogP contribution >= 0.6 is 11.3 Å². The molecule has 1 aliphatic rings. The lowest BCUT2D eigenvalue weighted by Gasteiger charge is -2.31. The highest BCUT2D eigenvalue weighted by atomic mass is 32.2. The average Bonchev–Trinajstić information content (AvgIpc) is 3.18. The summed E-state index contributed by atoms with van der Waals surface area (Å²) in [6.45, 7) is 4.85. The van der Waals surface area contributed by atoms with Gasteiger partial charge < -0.3 is 9.64 Å². The number of piperidine rings is 1. The van der Waals surface area contributed by atoms with Gasteiger partial charge in [-0.15, -0.1) is 0 Å². The van der Waals surface area contributed by atoms with Crippen molar-refractivity contribution in [2.24, 2.45) is 0 Å². The third-order valence-electron chi connectivity index (χ3n) is 5.44. The van der Waals surface area contributed by atoms with Gasteiger partial charge in [-0.2, -0.15) is 0 Å². The Bertz CT molecular complexity index is 1160. The molecule has 1 amide bonds. The second-order valence-electron chi connectivity index (χ2n) is 7.44. The number of aromatic nitrogens is 1. The third kappa shape index (κ3) is 4.20. The molecule has 30 heavy (non-hydrogen) atoms. The Morgan fingerprint density at radius 1 is 1.17 bits per heavy atom. The minimum absolute atomic E-state index is 0.0343. The Hall–Kier alpha value is -2.45. The zero-order valence-electron chi connectivity index (χ0n) is 17.0. The van der Waals surface area contributed by atoms with Crippen LogP contribution in [0.25, 0.3) is 10.2 Å². The predicted molar refractivity (Wildman–Crippen MR) is 118 cm³/mol. The standard InChI is InChI=1S/C22H24N2O4S2/c1-3-30(26,27)18-9-7-16(8-10-18)21(25)24-13-11-17(12-14-24)28-22-23-20-15(2)5-4-6-19(20)29-22/h4-10,17H,3,11-14H2,1-2H3. The Morgan fingerprint density at radius 2 is 1.87 bits per heavy atom. The summed E-state index contributed by atoms with van der Waals surface area (Å²) in [5.74, 6) is -0.0355. The Balaban J connectivity index is 1.36. The number of ether oxygens (including phenoxy) is 1. The van der Waals surface area contributed by atoms with Gasteiger partial charge in [0.05, 0.1) is 20.9 Å². The number of carbonyl (C=O) groups excluding carboxylic acids is 1. The van der Waals surface area contributed by atoms with Crippen LogP contribution in [0.1, 0.15) is 35.7 Å². The minimum Gasteiger partial charge on any atom is -0.467 e. The zero-order valence-corrected chi connectivity index (χ0v) is 18.6. The molecular weight excluding hydrogens is 420 g/mol. The maximum atomic E-state index is 12.8. The topological polar surface area (TPSA) is 76.6 Å². The molecule has 0 radical (unpaired) electrons. The fraction of sp³-hybridized carbons (Fsp3) is 0.364. The zero-order chi connectivity index (χ0) is 21.3. The van der Waals surface area contributed by atoms with Crippen LogP contribution in [0.4, 0.5) is 0 Å². The number of rotatable bonds is 5. The van der Waals surface area contributed by atoms with Crippen molar-refractivity contribution < 1.29 is 17.9 Å². The van der Waals surface area contributed by atoms with Gasteiger partial charge >= 0.3 is 0 Å². The van der Waals surface area contributed by atoms with E-state index in [4.69, 9.17) is 4.74 Å². The highest BCUT2D eigenvalue weighted by Crippen LogP contribution is 2.31. The number of nitrogens with zero attached hydrogens (tertiary/aromatic N) is 2. The highest BCUT2D eigenvalue weighted by Gasteiger charge is 2.26.